The smallest absolute Gasteiger partial charge is 0.325 e. The summed E-state index contributed by atoms with van der Waals surface area (Å²) in [4.78, 5) is 31.8. The Bertz CT molecular complexity index is 254. The molecule has 0 aliphatic heterocycles. The minimum absolute atomic E-state index is 0.184. The van der Waals surface area contributed by atoms with Gasteiger partial charge in [-0.25, -0.2) is 4.79 Å². The second-order valence-corrected chi connectivity index (χ2v) is 2.94. The molecule has 1 atom stereocenters. The molecule has 0 unspecified atom stereocenters. The molecule has 0 spiro atoms. The van der Waals surface area contributed by atoms with Crippen LogP contribution >= 0.6 is 0 Å². The summed E-state index contributed by atoms with van der Waals surface area (Å²) >= 11 is 0. The van der Waals surface area contributed by atoms with Crippen LogP contribution < -0.4 is 16.0 Å². The van der Waals surface area contributed by atoms with Crippen molar-refractivity contribution in [3.8, 4) is 0 Å². The third-order valence-corrected chi connectivity index (χ3v) is 1.50. The molecule has 3 amide bonds. The number of hydrogen-bond donors (Lipinski definition) is 4. The molecule has 0 heterocycles. The van der Waals surface area contributed by atoms with Crippen molar-refractivity contribution in [1.82, 2.24) is 16.0 Å². The van der Waals surface area contributed by atoms with Crippen LogP contribution in [0.3, 0.4) is 0 Å². The van der Waals surface area contributed by atoms with E-state index in [1.807, 2.05) is 0 Å². The third kappa shape index (κ3) is 7.29. The van der Waals surface area contributed by atoms with E-state index in [4.69, 9.17) is 5.11 Å². The Morgan fingerprint density at radius 2 is 1.73 bits per heavy atom. The minimum atomic E-state index is -1.10. The van der Waals surface area contributed by atoms with Crippen molar-refractivity contribution in [2.45, 2.75) is 19.9 Å². The Morgan fingerprint density at radius 1 is 1.20 bits per heavy atom. The maximum absolute atomic E-state index is 11.0. The van der Waals surface area contributed by atoms with Crippen molar-refractivity contribution in [3.63, 3.8) is 0 Å². The van der Waals surface area contributed by atoms with Crippen LogP contribution in [-0.4, -0.2) is 42.1 Å². The fraction of sp³-hybridized carbons (Fsp3) is 0.625. The van der Waals surface area contributed by atoms with Gasteiger partial charge in [0.15, 0.2) is 0 Å². The minimum Gasteiger partial charge on any atom is -0.480 e. The van der Waals surface area contributed by atoms with E-state index in [-0.39, 0.29) is 12.5 Å². The molecule has 0 aromatic heterocycles. The molecule has 0 bridgehead atoms. The topological polar surface area (TPSA) is 108 Å². The number of hydrogen-bond acceptors (Lipinski definition) is 3. The Labute approximate surface area is 87.2 Å². The van der Waals surface area contributed by atoms with Gasteiger partial charge in [-0.3, -0.25) is 9.59 Å². The monoisotopic (exact) mass is 217 g/mol. The lowest BCUT2D eigenvalue weighted by Crippen LogP contribution is -2.46. The number of carbonyl (C=O) groups excluding carboxylic acids is 2. The first-order valence-electron chi connectivity index (χ1n) is 4.45. The molecule has 7 heteroatoms. The zero-order chi connectivity index (χ0) is 11.8. The van der Waals surface area contributed by atoms with Crippen molar-refractivity contribution in [1.29, 1.82) is 0 Å². The molecule has 0 aliphatic rings. The number of rotatable bonds is 5. The van der Waals surface area contributed by atoms with E-state index in [9.17, 15) is 14.4 Å². The molecule has 0 aromatic rings. The van der Waals surface area contributed by atoms with Gasteiger partial charge in [0.1, 0.15) is 6.04 Å². The van der Waals surface area contributed by atoms with Gasteiger partial charge in [-0.2, -0.15) is 0 Å². The Balaban J connectivity index is 3.58. The molecule has 0 saturated heterocycles. The molecule has 0 aliphatic carbocycles. The lowest BCUT2D eigenvalue weighted by atomic mass is 10.3. The predicted molar refractivity (Wildman–Crippen MR) is 52.3 cm³/mol. The number of urea groups is 1. The molecule has 7 nitrogen and oxygen atoms in total. The molecule has 0 saturated carbocycles. The van der Waals surface area contributed by atoms with E-state index >= 15 is 0 Å². The summed E-state index contributed by atoms with van der Waals surface area (Å²) in [6, 6.07) is -1.51. The molecule has 4 N–H and O–H groups in total. The van der Waals surface area contributed by atoms with Gasteiger partial charge in [0.05, 0.1) is 0 Å². The van der Waals surface area contributed by atoms with Gasteiger partial charge in [0.25, 0.3) is 0 Å². The summed E-state index contributed by atoms with van der Waals surface area (Å²) < 4.78 is 0. The number of amides is 3. The maximum atomic E-state index is 11.0. The van der Waals surface area contributed by atoms with Gasteiger partial charge in [0, 0.05) is 20.0 Å². The van der Waals surface area contributed by atoms with E-state index in [2.05, 4.69) is 16.0 Å². The zero-order valence-corrected chi connectivity index (χ0v) is 8.66. The Kier molecular flexibility index (Phi) is 5.84. The van der Waals surface area contributed by atoms with E-state index in [1.165, 1.54) is 13.8 Å². The van der Waals surface area contributed by atoms with Crippen molar-refractivity contribution in [2.75, 3.05) is 13.1 Å². The number of nitrogens with one attached hydrogen (secondary N) is 3. The van der Waals surface area contributed by atoms with Gasteiger partial charge >= 0.3 is 12.0 Å². The summed E-state index contributed by atoms with van der Waals surface area (Å²) in [6.45, 7) is 3.28. The largest absolute Gasteiger partial charge is 0.480 e. The van der Waals surface area contributed by atoms with E-state index in [0.29, 0.717) is 6.54 Å². The highest BCUT2D eigenvalue weighted by Gasteiger charge is 2.12. The summed E-state index contributed by atoms with van der Waals surface area (Å²) in [7, 11) is 0. The van der Waals surface area contributed by atoms with Crippen LogP contribution in [0.15, 0.2) is 0 Å². The molecular weight excluding hydrogens is 202 g/mol. The number of aliphatic carboxylic acids is 1. The lowest BCUT2D eigenvalue weighted by Gasteiger charge is -2.10. The quantitative estimate of drug-likeness (QED) is 0.438. The first-order chi connectivity index (χ1) is 6.93. The van der Waals surface area contributed by atoms with Crippen molar-refractivity contribution in [3.05, 3.63) is 0 Å². The summed E-state index contributed by atoms with van der Waals surface area (Å²) in [5, 5.41) is 15.6. The van der Waals surface area contributed by atoms with E-state index in [0.717, 1.165) is 0 Å². The normalized spacial score (nSPS) is 11.3. The van der Waals surface area contributed by atoms with Gasteiger partial charge in [-0.15, -0.1) is 0 Å². The van der Waals surface area contributed by atoms with Crippen LogP contribution in [0.4, 0.5) is 4.79 Å². The SMILES string of the molecule is CC(=O)NCCNC(=O)N[C@H](C)C(=O)O. The molecule has 0 radical (unpaired) electrons. The van der Waals surface area contributed by atoms with E-state index < -0.39 is 18.0 Å². The highest BCUT2D eigenvalue weighted by Crippen LogP contribution is 1.79. The maximum Gasteiger partial charge on any atom is 0.325 e. The Hall–Kier alpha value is -1.79. The lowest BCUT2D eigenvalue weighted by molar-refractivity contribution is -0.138. The second-order valence-electron chi connectivity index (χ2n) is 2.94. The highest BCUT2D eigenvalue weighted by atomic mass is 16.4. The zero-order valence-electron chi connectivity index (χ0n) is 8.66. The van der Waals surface area contributed by atoms with Crippen molar-refractivity contribution in [2.24, 2.45) is 0 Å². The van der Waals surface area contributed by atoms with Crippen LogP contribution in [0, 0.1) is 0 Å². The van der Waals surface area contributed by atoms with E-state index in [1.54, 1.807) is 0 Å². The second kappa shape index (κ2) is 6.63. The van der Waals surface area contributed by atoms with Crippen LogP contribution in [-0.2, 0) is 9.59 Å². The molecular formula is C8H15N3O4. The van der Waals surface area contributed by atoms with Gasteiger partial charge < -0.3 is 21.1 Å². The van der Waals surface area contributed by atoms with Gasteiger partial charge in [0.2, 0.25) is 5.91 Å². The van der Waals surface area contributed by atoms with Crippen molar-refractivity contribution < 1.29 is 19.5 Å². The highest BCUT2D eigenvalue weighted by molar-refractivity contribution is 5.82. The summed E-state index contributed by atoms with van der Waals surface area (Å²) in [6.07, 6.45) is 0. The average molecular weight is 217 g/mol. The first kappa shape index (κ1) is 13.2. The third-order valence-electron chi connectivity index (χ3n) is 1.50. The molecule has 0 aromatic carbocycles. The molecule has 15 heavy (non-hydrogen) atoms. The molecule has 0 fully saturated rings. The van der Waals surface area contributed by atoms with Crippen LogP contribution in [0.1, 0.15) is 13.8 Å². The number of carbonyl (C=O) groups is 3. The van der Waals surface area contributed by atoms with Gasteiger partial charge in [-0.1, -0.05) is 0 Å². The number of carboxylic acid groups (broad SMARTS) is 1. The Morgan fingerprint density at radius 3 is 2.20 bits per heavy atom. The molecule has 86 valence electrons. The van der Waals surface area contributed by atoms with Crippen LogP contribution in [0.5, 0.6) is 0 Å². The van der Waals surface area contributed by atoms with Crippen LogP contribution in [0.2, 0.25) is 0 Å². The summed E-state index contributed by atoms with van der Waals surface area (Å²) in [5.74, 6) is -1.29. The first-order valence-corrected chi connectivity index (χ1v) is 4.45. The fourth-order valence-corrected chi connectivity index (χ4v) is 0.724. The van der Waals surface area contributed by atoms with Crippen LogP contribution in [0.25, 0.3) is 0 Å². The summed E-state index contributed by atoms with van der Waals surface area (Å²) in [5.41, 5.74) is 0. The van der Waals surface area contributed by atoms with Crippen molar-refractivity contribution >= 4 is 17.9 Å². The average Bonchev–Trinajstić information content (AvgIpc) is 2.12. The number of carboxylic acids is 1. The standard InChI is InChI=1S/C8H15N3O4/c1-5(7(13)14)11-8(15)10-4-3-9-6(2)12/h5H,3-4H2,1-2H3,(H,9,12)(H,13,14)(H2,10,11,15)/t5-/m1/s1. The fourth-order valence-electron chi connectivity index (χ4n) is 0.724. The predicted octanol–water partition coefficient (Wildman–Crippen LogP) is -1.11. The molecule has 0 rings (SSSR count). The van der Waals surface area contributed by atoms with Gasteiger partial charge in [-0.05, 0) is 6.92 Å².